The van der Waals surface area contributed by atoms with Crippen LogP contribution in [0.2, 0.25) is 0 Å². The SMILES string of the molecule is C1CCCC1.C1CCCC1.[CH]1[CH]CCC1.[La]. The molecule has 0 aliphatic heterocycles. The Morgan fingerprint density at radius 1 is 0.375 bits per heavy atom. The maximum absolute atomic E-state index is 2.24. The Hall–Kier alpha value is 1.19. The van der Waals surface area contributed by atoms with Crippen LogP contribution in [0.1, 0.15) is 83.5 Å². The molecule has 16 heavy (non-hydrogen) atoms. The summed E-state index contributed by atoms with van der Waals surface area (Å²) in [4.78, 5) is 0. The van der Waals surface area contributed by atoms with Crippen LogP contribution in [0.15, 0.2) is 0 Å². The third-order valence-corrected chi connectivity index (χ3v) is 3.41. The molecular weight excluding hydrogens is 319 g/mol. The molecule has 3 saturated carbocycles. The Labute approximate surface area is 131 Å². The van der Waals surface area contributed by atoms with Crippen LogP contribution >= 0.6 is 0 Å². The fraction of sp³-hybridized carbons (Fsp3) is 0.867. The largest absolute Gasteiger partial charge is 0.0533 e. The summed E-state index contributed by atoms with van der Waals surface area (Å²) in [6.07, 6.45) is 23.5. The molecule has 0 aromatic carbocycles. The van der Waals surface area contributed by atoms with Crippen LogP contribution in [-0.2, 0) is 0 Å². The van der Waals surface area contributed by atoms with E-state index in [-0.39, 0.29) is 35.6 Å². The van der Waals surface area contributed by atoms with Crippen molar-refractivity contribution in [2.24, 2.45) is 0 Å². The second-order valence-corrected chi connectivity index (χ2v) is 4.94. The van der Waals surface area contributed by atoms with E-state index in [2.05, 4.69) is 12.8 Å². The third-order valence-electron chi connectivity index (χ3n) is 3.41. The summed E-state index contributed by atoms with van der Waals surface area (Å²) in [5, 5.41) is 0. The summed E-state index contributed by atoms with van der Waals surface area (Å²) < 4.78 is 0. The molecule has 3 aliphatic rings. The summed E-state index contributed by atoms with van der Waals surface area (Å²) in [6.45, 7) is 0. The van der Waals surface area contributed by atoms with Crippen molar-refractivity contribution in [2.45, 2.75) is 83.5 Å². The number of hydrogen-bond donors (Lipinski definition) is 0. The first-order chi connectivity index (χ1) is 7.50. The van der Waals surface area contributed by atoms with Gasteiger partial charge < -0.3 is 0 Å². The van der Waals surface area contributed by atoms with Crippen molar-refractivity contribution in [1.82, 2.24) is 0 Å². The molecule has 3 rings (SSSR count). The van der Waals surface area contributed by atoms with E-state index < -0.39 is 0 Å². The average molecular weight is 347 g/mol. The van der Waals surface area contributed by atoms with Gasteiger partial charge >= 0.3 is 0 Å². The van der Waals surface area contributed by atoms with Crippen LogP contribution < -0.4 is 0 Å². The number of rotatable bonds is 0. The van der Waals surface area contributed by atoms with E-state index in [0.717, 1.165) is 0 Å². The first kappa shape index (κ1) is 17.2. The smallest absolute Gasteiger partial charge is 0 e. The van der Waals surface area contributed by atoms with E-state index in [1.807, 2.05) is 0 Å². The zero-order valence-corrected chi connectivity index (χ0v) is 14.6. The molecule has 0 amide bonds. The summed E-state index contributed by atoms with van der Waals surface area (Å²) in [7, 11) is 0. The van der Waals surface area contributed by atoms with Gasteiger partial charge in [0, 0.05) is 35.6 Å². The van der Waals surface area contributed by atoms with Gasteiger partial charge in [-0.15, -0.1) is 0 Å². The standard InChI is InChI=1S/2C5H10.C5H8.La/c3*1-2-4-5-3-1;/h2*1-5H2;1-2H,3-5H2;. The van der Waals surface area contributed by atoms with Crippen molar-refractivity contribution in [1.29, 1.82) is 0 Å². The Bertz CT molecular complexity index is 64.0. The van der Waals surface area contributed by atoms with E-state index in [1.54, 1.807) is 0 Å². The summed E-state index contributed by atoms with van der Waals surface area (Å²) in [5.74, 6) is 0. The fourth-order valence-electron chi connectivity index (χ4n) is 2.36. The maximum atomic E-state index is 2.24. The molecule has 0 nitrogen and oxygen atoms in total. The van der Waals surface area contributed by atoms with Crippen LogP contribution in [-0.4, -0.2) is 0 Å². The minimum Gasteiger partial charge on any atom is -0.0533 e. The molecule has 0 aromatic rings. The molecule has 0 aromatic heterocycles. The molecule has 0 unspecified atom stereocenters. The molecule has 0 saturated heterocycles. The van der Waals surface area contributed by atoms with Crippen molar-refractivity contribution in [3.05, 3.63) is 12.8 Å². The van der Waals surface area contributed by atoms with Gasteiger partial charge in [0.15, 0.2) is 0 Å². The molecule has 0 N–H and O–H groups in total. The van der Waals surface area contributed by atoms with Gasteiger partial charge in [-0.05, 0) is 25.7 Å². The minimum absolute atomic E-state index is 0. The molecule has 0 spiro atoms. The molecule has 91 valence electrons. The van der Waals surface area contributed by atoms with Gasteiger partial charge in [-0.2, -0.15) is 0 Å². The van der Waals surface area contributed by atoms with Crippen molar-refractivity contribution in [3.63, 3.8) is 0 Å². The minimum atomic E-state index is 0. The van der Waals surface area contributed by atoms with Gasteiger partial charge in [-0.25, -0.2) is 0 Å². The molecule has 0 bridgehead atoms. The first-order valence-corrected chi connectivity index (χ1v) is 7.15. The van der Waals surface area contributed by atoms with Gasteiger partial charge in [0.05, 0.1) is 0 Å². The van der Waals surface area contributed by atoms with Crippen LogP contribution in [0.25, 0.3) is 0 Å². The van der Waals surface area contributed by atoms with Gasteiger partial charge in [0.25, 0.3) is 0 Å². The molecule has 3 radical (unpaired) electrons. The van der Waals surface area contributed by atoms with Crippen molar-refractivity contribution in [3.8, 4) is 0 Å². The van der Waals surface area contributed by atoms with Gasteiger partial charge in [0.1, 0.15) is 0 Å². The summed E-state index contributed by atoms with van der Waals surface area (Å²) in [6, 6.07) is 0. The zero-order valence-electron chi connectivity index (χ0n) is 10.9. The maximum Gasteiger partial charge on any atom is 0 e. The van der Waals surface area contributed by atoms with E-state index in [9.17, 15) is 0 Å². The second-order valence-electron chi connectivity index (χ2n) is 4.94. The van der Waals surface area contributed by atoms with Gasteiger partial charge in [-0.1, -0.05) is 70.6 Å². The molecule has 3 aliphatic carbocycles. The fourth-order valence-corrected chi connectivity index (χ4v) is 2.36. The molecule has 3 fully saturated rings. The summed E-state index contributed by atoms with van der Waals surface area (Å²) >= 11 is 0. The zero-order chi connectivity index (χ0) is 10.6. The van der Waals surface area contributed by atoms with Crippen molar-refractivity contribution in [2.75, 3.05) is 0 Å². The average Bonchev–Trinajstić information content (AvgIpc) is 3.09. The van der Waals surface area contributed by atoms with E-state index >= 15 is 0 Å². The van der Waals surface area contributed by atoms with Gasteiger partial charge in [0.2, 0.25) is 0 Å². The summed E-state index contributed by atoms with van der Waals surface area (Å²) in [5.41, 5.74) is 0. The Morgan fingerprint density at radius 3 is 0.750 bits per heavy atom. The molecule has 0 heterocycles. The van der Waals surface area contributed by atoms with E-state index in [1.165, 1.54) is 83.5 Å². The monoisotopic (exact) mass is 347 g/mol. The Balaban J connectivity index is 0.000000205. The van der Waals surface area contributed by atoms with Crippen molar-refractivity contribution >= 4 is 0 Å². The topological polar surface area (TPSA) is 0 Å². The molecular formula is C15H28La. The quantitative estimate of drug-likeness (QED) is 0.544. The van der Waals surface area contributed by atoms with E-state index in [4.69, 9.17) is 0 Å². The Kier molecular flexibility index (Phi) is 15.3. The third kappa shape index (κ3) is 11.7. The van der Waals surface area contributed by atoms with Crippen LogP contribution in [0, 0.1) is 48.4 Å². The van der Waals surface area contributed by atoms with Crippen LogP contribution in [0.4, 0.5) is 0 Å². The Morgan fingerprint density at radius 2 is 0.625 bits per heavy atom. The first-order valence-electron chi connectivity index (χ1n) is 7.15. The van der Waals surface area contributed by atoms with Crippen LogP contribution in [0.5, 0.6) is 0 Å². The predicted molar refractivity (Wildman–Crippen MR) is 68.6 cm³/mol. The predicted octanol–water partition coefficient (Wildman–Crippen LogP) is 5.48. The van der Waals surface area contributed by atoms with Gasteiger partial charge in [-0.3, -0.25) is 0 Å². The van der Waals surface area contributed by atoms with E-state index in [0.29, 0.717) is 0 Å². The van der Waals surface area contributed by atoms with Crippen LogP contribution in [0.3, 0.4) is 0 Å². The number of hydrogen-bond acceptors (Lipinski definition) is 0. The molecule has 1 heteroatoms. The normalized spacial score (nSPS) is 22.5. The van der Waals surface area contributed by atoms with Crippen molar-refractivity contribution < 1.29 is 35.6 Å². The molecule has 0 atom stereocenters. The second kappa shape index (κ2) is 14.3.